The third-order valence-corrected chi connectivity index (χ3v) is 3.35. The van der Waals surface area contributed by atoms with Crippen molar-refractivity contribution in [2.24, 2.45) is 0 Å². The van der Waals surface area contributed by atoms with Crippen LogP contribution in [0.25, 0.3) is 0 Å². The van der Waals surface area contributed by atoms with Crippen molar-refractivity contribution in [2.75, 3.05) is 11.1 Å². The predicted octanol–water partition coefficient (Wildman–Crippen LogP) is 4.13. The highest BCUT2D eigenvalue weighted by molar-refractivity contribution is 6.34. The van der Waals surface area contributed by atoms with E-state index in [1.165, 1.54) is 0 Å². The SMILES string of the molecule is CCCc1ccccc1NC(=O)c1cc(N)ccc1Cl. The lowest BCUT2D eigenvalue weighted by molar-refractivity contribution is 0.102. The molecule has 0 saturated heterocycles. The number of para-hydroxylation sites is 1. The van der Waals surface area contributed by atoms with E-state index in [0.717, 1.165) is 24.1 Å². The van der Waals surface area contributed by atoms with E-state index in [0.29, 0.717) is 16.3 Å². The van der Waals surface area contributed by atoms with E-state index in [2.05, 4.69) is 12.2 Å². The second-order valence-electron chi connectivity index (χ2n) is 4.60. The fourth-order valence-corrected chi connectivity index (χ4v) is 2.24. The molecule has 2 aromatic rings. The second-order valence-corrected chi connectivity index (χ2v) is 5.01. The van der Waals surface area contributed by atoms with Crippen LogP contribution in [0, 0.1) is 0 Å². The summed E-state index contributed by atoms with van der Waals surface area (Å²) in [7, 11) is 0. The van der Waals surface area contributed by atoms with E-state index in [4.69, 9.17) is 17.3 Å². The maximum absolute atomic E-state index is 12.3. The fraction of sp³-hybridized carbons (Fsp3) is 0.188. The molecule has 0 fully saturated rings. The molecule has 2 aromatic carbocycles. The van der Waals surface area contributed by atoms with Crippen LogP contribution < -0.4 is 11.1 Å². The van der Waals surface area contributed by atoms with Gasteiger partial charge in [-0.1, -0.05) is 43.1 Å². The van der Waals surface area contributed by atoms with Crippen molar-refractivity contribution in [1.29, 1.82) is 0 Å². The first-order chi connectivity index (χ1) is 9.61. The highest BCUT2D eigenvalue weighted by atomic mass is 35.5. The summed E-state index contributed by atoms with van der Waals surface area (Å²) in [5, 5.41) is 3.29. The number of hydrogen-bond donors (Lipinski definition) is 2. The van der Waals surface area contributed by atoms with Crippen molar-refractivity contribution >= 4 is 28.9 Å². The van der Waals surface area contributed by atoms with E-state index in [1.807, 2.05) is 24.3 Å². The molecule has 0 unspecified atom stereocenters. The summed E-state index contributed by atoms with van der Waals surface area (Å²) >= 11 is 6.04. The molecule has 104 valence electrons. The summed E-state index contributed by atoms with van der Waals surface area (Å²) in [5.41, 5.74) is 8.53. The highest BCUT2D eigenvalue weighted by Crippen LogP contribution is 2.22. The largest absolute Gasteiger partial charge is 0.399 e. The molecule has 0 aliphatic carbocycles. The van der Waals surface area contributed by atoms with Gasteiger partial charge in [0.15, 0.2) is 0 Å². The van der Waals surface area contributed by atoms with Crippen molar-refractivity contribution in [3.63, 3.8) is 0 Å². The summed E-state index contributed by atoms with van der Waals surface area (Å²) in [5.74, 6) is -0.245. The molecule has 20 heavy (non-hydrogen) atoms. The number of hydrogen-bond acceptors (Lipinski definition) is 2. The predicted molar refractivity (Wildman–Crippen MR) is 84.3 cm³/mol. The van der Waals surface area contributed by atoms with E-state index in [9.17, 15) is 4.79 Å². The maximum atomic E-state index is 12.3. The van der Waals surface area contributed by atoms with Gasteiger partial charge in [-0.3, -0.25) is 4.79 Å². The second kappa shape index (κ2) is 6.44. The summed E-state index contributed by atoms with van der Waals surface area (Å²) in [6.45, 7) is 2.10. The minimum atomic E-state index is -0.245. The van der Waals surface area contributed by atoms with E-state index >= 15 is 0 Å². The zero-order valence-electron chi connectivity index (χ0n) is 11.3. The van der Waals surface area contributed by atoms with Crippen LogP contribution in [0.5, 0.6) is 0 Å². The van der Waals surface area contributed by atoms with Gasteiger partial charge >= 0.3 is 0 Å². The number of amides is 1. The van der Waals surface area contributed by atoms with Crippen LogP contribution in [0.4, 0.5) is 11.4 Å². The zero-order valence-corrected chi connectivity index (χ0v) is 12.1. The number of carbonyl (C=O) groups excluding carboxylic acids is 1. The molecule has 0 aliphatic heterocycles. The van der Waals surface area contributed by atoms with Gasteiger partial charge in [0.1, 0.15) is 0 Å². The van der Waals surface area contributed by atoms with Crippen LogP contribution in [0.1, 0.15) is 29.3 Å². The molecule has 0 saturated carbocycles. The number of halogens is 1. The van der Waals surface area contributed by atoms with E-state index < -0.39 is 0 Å². The summed E-state index contributed by atoms with van der Waals surface area (Å²) in [4.78, 5) is 12.3. The van der Waals surface area contributed by atoms with Crippen molar-refractivity contribution in [1.82, 2.24) is 0 Å². The molecule has 0 heterocycles. The monoisotopic (exact) mass is 288 g/mol. The Balaban J connectivity index is 2.26. The number of nitrogens with two attached hydrogens (primary N) is 1. The molecule has 0 bridgehead atoms. The first-order valence-electron chi connectivity index (χ1n) is 6.56. The third kappa shape index (κ3) is 3.31. The van der Waals surface area contributed by atoms with Gasteiger partial charge in [-0.2, -0.15) is 0 Å². The standard InChI is InChI=1S/C16H17ClN2O/c1-2-5-11-6-3-4-7-15(11)19-16(20)13-10-12(18)8-9-14(13)17/h3-4,6-10H,2,5,18H2,1H3,(H,19,20). The molecular weight excluding hydrogens is 272 g/mol. The third-order valence-electron chi connectivity index (χ3n) is 3.02. The topological polar surface area (TPSA) is 55.1 Å². The number of rotatable bonds is 4. The van der Waals surface area contributed by atoms with Crippen LogP contribution in [0.3, 0.4) is 0 Å². The molecule has 3 N–H and O–H groups in total. The van der Waals surface area contributed by atoms with E-state index in [-0.39, 0.29) is 5.91 Å². The molecule has 1 amide bonds. The van der Waals surface area contributed by atoms with Crippen molar-refractivity contribution in [3.8, 4) is 0 Å². The van der Waals surface area contributed by atoms with Crippen LogP contribution >= 0.6 is 11.6 Å². The Kier molecular flexibility index (Phi) is 4.64. The van der Waals surface area contributed by atoms with E-state index in [1.54, 1.807) is 18.2 Å². The van der Waals surface area contributed by atoms with Gasteiger partial charge in [0.25, 0.3) is 5.91 Å². The maximum Gasteiger partial charge on any atom is 0.257 e. The Morgan fingerprint density at radius 2 is 2.00 bits per heavy atom. The van der Waals surface area contributed by atoms with Gasteiger partial charge in [-0.25, -0.2) is 0 Å². The van der Waals surface area contributed by atoms with Gasteiger partial charge in [-0.05, 0) is 36.2 Å². The zero-order chi connectivity index (χ0) is 14.5. The number of carbonyl (C=O) groups is 1. The fourth-order valence-electron chi connectivity index (χ4n) is 2.04. The smallest absolute Gasteiger partial charge is 0.257 e. The van der Waals surface area contributed by atoms with Crippen molar-refractivity contribution < 1.29 is 4.79 Å². The average molecular weight is 289 g/mol. The Labute approximate surface area is 123 Å². The van der Waals surface area contributed by atoms with Gasteiger partial charge in [0.05, 0.1) is 10.6 Å². The first-order valence-corrected chi connectivity index (χ1v) is 6.94. The van der Waals surface area contributed by atoms with Crippen LogP contribution in [0.2, 0.25) is 5.02 Å². The number of benzene rings is 2. The van der Waals surface area contributed by atoms with Crippen LogP contribution in [0.15, 0.2) is 42.5 Å². The molecule has 0 aliphatic rings. The van der Waals surface area contributed by atoms with Gasteiger partial charge in [0, 0.05) is 11.4 Å². The lowest BCUT2D eigenvalue weighted by Crippen LogP contribution is -2.14. The lowest BCUT2D eigenvalue weighted by Gasteiger charge is -2.11. The molecule has 0 aromatic heterocycles. The molecular formula is C16H17ClN2O. The number of anilines is 2. The van der Waals surface area contributed by atoms with Crippen LogP contribution in [-0.4, -0.2) is 5.91 Å². The summed E-state index contributed by atoms with van der Waals surface area (Å²) in [6, 6.07) is 12.7. The number of nitrogen functional groups attached to an aromatic ring is 1. The first kappa shape index (κ1) is 14.4. The Morgan fingerprint density at radius 3 is 2.75 bits per heavy atom. The van der Waals surface area contributed by atoms with Crippen molar-refractivity contribution in [2.45, 2.75) is 19.8 Å². The lowest BCUT2D eigenvalue weighted by atomic mass is 10.1. The molecule has 0 radical (unpaired) electrons. The molecule has 0 spiro atoms. The van der Waals surface area contributed by atoms with Gasteiger partial charge in [-0.15, -0.1) is 0 Å². The minimum Gasteiger partial charge on any atom is -0.399 e. The molecule has 0 atom stereocenters. The van der Waals surface area contributed by atoms with Crippen molar-refractivity contribution in [3.05, 3.63) is 58.6 Å². The minimum absolute atomic E-state index is 0.245. The number of aryl methyl sites for hydroxylation is 1. The molecule has 4 heteroatoms. The Morgan fingerprint density at radius 1 is 1.25 bits per heavy atom. The quantitative estimate of drug-likeness (QED) is 0.831. The summed E-state index contributed by atoms with van der Waals surface area (Å²) < 4.78 is 0. The molecule has 3 nitrogen and oxygen atoms in total. The Hall–Kier alpha value is -2.00. The average Bonchev–Trinajstić information content (AvgIpc) is 2.44. The van der Waals surface area contributed by atoms with Crippen LogP contribution in [-0.2, 0) is 6.42 Å². The number of nitrogens with one attached hydrogen (secondary N) is 1. The van der Waals surface area contributed by atoms with Gasteiger partial charge < -0.3 is 11.1 Å². The highest BCUT2D eigenvalue weighted by Gasteiger charge is 2.12. The molecule has 2 rings (SSSR count). The van der Waals surface area contributed by atoms with Gasteiger partial charge in [0.2, 0.25) is 0 Å². The Bertz CT molecular complexity index is 626. The summed E-state index contributed by atoms with van der Waals surface area (Å²) in [6.07, 6.45) is 1.94. The normalized spacial score (nSPS) is 10.3.